The molecule has 3 saturated carbocycles. The molecule has 3 aliphatic carbocycles. The highest BCUT2D eigenvalue weighted by molar-refractivity contribution is 5.36. The molecule has 1 heteroatoms. The summed E-state index contributed by atoms with van der Waals surface area (Å²) in [5, 5.41) is 10.0. The third-order valence-electron chi connectivity index (χ3n) is 8.63. The Labute approximate surface area is 180 Å². The standard InChI is InChI=1S/C28H44O/c1-19(2)20(3)9-10-22(5)26-15-16-27-23(8-7-17-28(26,27)6)12-13-24-18-25(29)14-11-21(24)4/h9-10,12-13,19-20,22,25-27,29H,4,7-8,11,14-18H2,1-3,5-6H3/t20-,22-,25-,26-,27?,28?/m0/s1. The summed E-state index contributed by atoms with van der Waals surface area (Å²) in [5.41, 5.74) is 4.61. The maximum Gasteiger partial charge on any atom is 0.0583 e. The van der Waals surface area contributed by atoms with Crippen LogP contribution in [-0.2, 0) is 0 Å². The molecule has 0 bridgehead atoms. The SMILES string of the molecule is C=C1CC[C@H](O)CC1=CC=C1CCCC2(C)C1CC[C@H]2[C@@H](C)C=C[C@H](C)C(C)C. The average Bonchev–Trinajstić information content (AvgIpc) is 3.04. The van der Waals surface area contributed by atoms with E-state index < -0.39 is 0 Å². The van der Waals surface area contributed by atoms with E-state index in [1.165, 1.54) is 43.3 Å². The Bertz CT molecular complexity index is 678. The van der Waals surface area contributed by atoms with E-state index in [-0.39, 0.29) is 6.10 Å². The van der Waals surface area contributed by atoms with Crippen LogP contribution in [0.25, 0.3) is 0 Å². The summed E-state index contributed by atoms with van der Waals surface area (Å²) in [4.78, 5) is 0. The second-order valence-electron chi connectivity index (χ2n) is 10.9. The second kappa shape index (κ2) is 9.38. The Morgan fingerprint density at radius 2 is 1.79 bits per heavy atom. The highest BCUT2D eigenvalue weighted by Crippen LogP contribution is 2.59. The topological polar surface area (TPSA) is 20.2 Å². The van der Waals surface area contributed by atoms with Crippen molar-refractivity contribution in [3.05, 3.63) is 47.6 Å². The van der Waals surface area contributed by atoms with Gasteiger partial charge in [0.25, 0.3) is 0 Å². The van der Waals surface area contributed by atoms with Crippen molar-refractivity contribution in [2.24, 2.45) is 35.0 Å². The van der Waals surface area contributed by atoms with Crippen molar-refractivity contribution in [2.75, 3.05) is 0 Å². The lowest BCUT2D eigenvalue weighted by atomic mass is 9.61. The van der Waals surface area contributed by atoms with Gasteiger partial charge in [0.1, 0.15) is 0 Å². The van der Waals surface area contributed by atoms with Crippen LogP contribution in [0.3, 0.4) is 0 Å². The molecule has 3 aliphatic rings. The molecule has 0 spiro atoms. The number of rotatable bonds is 5. The first-order valence-electron chi connectivity index (χ1n) is 12.2. The van der Waals surface area contributed by atoms with Gasteiger partial charge in [0.2, 0.25) is 0 Å². The predicted octanol–water partition coefficient (Wildman–Crippen LogP) is 7.64. The highest BCUT2D eigenvalue weighted by Gasteiger charge is 2.50. The van der Waals surface area contributed by atoms with Gasteiger partial charge in [-0.25, -0.2) is 0 Å². The number of hydrogen-bond acceptors (Lipinski definition) is 1. The van der Waals surface area contributed by atoms with Crippen molar-refractivity contribution in [3.63, 3.8) is 0 Å². The zero-order valence-corrected chi connectivity index (χ0v) is 19.6. The summed E-state index contributed by atoms with van der Waals surface area (Å²) in [6.07, 6.45) is 18.8. The molecule has 0 heterocycles. The summed E-state index contributed by atoms with van der Waals surface area (Å²) >= 11 is 0. The van der Waals surface area contributed by atoms with Gasteiger partial charge >= 0.3 is 0 Å². The minimum Gasteiger partial charge on any atom is -0.393 e. The van der Waals surface area contributed by atoms with E-state index in [9.17, 15) is 5.11 Å². The van der Waals surface area contributed by atoms with Crippen molar-refractivity contribution in [1.82, 2.24) is 0 Å². The van der Waals surface area contributed by atoms with Crippen molar-refractivity contribution in [3.8, 4) is 0 Å². The summed E-state index contributed by atoms with van der Waals surface area (Å²) in [6.45, 7) is 16.3. The zero-order chi connectivity index (χ0) is 21.2. The lowest BCUT2D eigenvalue weighted by molar-refractivity contribution is 0.112. The molecule has 0 saturated heterocycles. The molecular formula is C28H44O. The van der Waals surface area contributed by atoms with Gasteiger partial charge in [-0.1, -0.05) is 76.6 Å². The first-order chi connectivity index (χ1) is 13.7. The molecule has 1 N–H and O–H groups in total. The summed E-state index contributed by atoms with van der Waals surface area (Å²) in [7, 11) is 0. The van der Waals surface area contributed by atoms with Crippen molar-refractivity contribution < 1.29 is 5.11 Å². The lowest BCUT2D eigenvalue weighted by Gasteiger charge is -2.44. The van der Waals surface area contributed by atoms with E-state index in [4.69, 9.17) is 0 Å². The van der Waals surface area contributed by atoms with Gasteiger partial charge in [0.05, 0.1) is 6.10 Å². The Morgan fingerprint density at radius 3 is 2.52 bits per heavy atom. The highest BCUT2D eigenvalue weighted by atomic mass is 16.3. The fourth-order valence-electron chi connectivity index (χ4n) is 6.25. The van der Waals surface area contributed by atoms with E-state index in [1.807, 2.05) is 0 Å². The van der Waals surface area contributed by atoms with Crippen LogP contribution in [0.2, 0.25) is 0 Å². The van der Waals surface area contributed by atoms with Crippen molar-refractivity contribution >= 4 is 0 Å². The number of aliphatic hydroxyl groups excluding tert-OH is 1. The first-order valence-corrected chi connectivity index (χ1v) is 12.2. The molecule has 3 rings (SSSR count). The van der Waals surface area contributed by atoms with Gasteiger partial charge in [-0.3, -0.25) is 0 Å². The van der Waals surface area contributed by atoms with Crippen molar-refractivity contribution in [2.45, 2.75) is 92.1 Å². The zero-order valence-electron chi connectivity index (χ0n) is 19.6. The number of allylic oxidation sites excluding steroid dienone is 6. The molecule has 29 heavy (non-hydrogen) atoms. The fraction of sp³-hybridized carbons (Fsp3) is 0.714. The Kier molecular flexibility index (Phi) is 7.31. The lowest BCUT2D eigenvalue weighted by Crippen LogP contribution is -2.35. The number of fused-ring (bicyclic) bond motifs is 1. The predicted molar refractivity (Wildman–Crippen MR) is 126 cm³/mol. The molecule has 1 nitrogen and oxygen atoms in total. The van der Waals surface area contributed by atoms with E-state index in [2.05, 4.69) is 65.5 Å². The molecule has 0 radical (unpaired) electrons. The van der Waals surface area contributed by atoms with Crippen LogP contribution in [0, 0.1) is 35.0 Å². The van der Waals surface area contributed by atoms with Gasteiger partial charge < -0.3 is 5.11 Å². The van der Waals surface area contributed by atoms with Crippen LogP contribution in [0.15, 0.2) is 47.6 Å². The van der Waals surface area contributed by atoms with E-state index in [1.54, 1.807) is 5.57 Å². The molecule has 6 atom stereocenters. The van der Waals surface area contributed by atoms with Crippen LogP contribution < -0.4 is 0 Å². The Morgan fingerprint density at radius 1 is 1.03 bits per heavy atom. The first kappa shape index (κ1) is 22.6. The Hall–Kier alpha value is -1.08. The van der Waals surface area contributed by atoms with Crippen LogP contribution in [-0.4, -0.2) is 11.2 Å². The van der Waals surface area contributed by atoms with Gasteiger partial charge in [-0.2, -0.15) is 0 Å². The molecule has 3 fully saturated rings. The number of aliphatic hydroxyl groups is 1. The van der Waals surface area contributed by atoms with Gasteiger partial charge in [0.15, 0.2) is 0 Å². The quantitative estimate of drug-likeness (QED) is 0.473. The maximum atomic E-state index is 10.0. The molecule has 162 valence electrons. The largest absolute Gasteiger partial charge is 0.393 e. The molecule has 0 aromatic carbocycles. The summed E-state index contributed by atoms with van der Waals surface area (Å²) in [6, 6.07) is 0. The Balaban J connectivity index is 1.75. The molecule has 0 amide bonds. The molecule has 2 unspecified atom stereocenters. The molecule has 0 aromatic rings. The van der Waals surface area contributed by atoms with Gasteiger partial charge in [-0.15, -0.1) is 0 Å². The van der Waals surface area contributed by atoms with Crippen LogP contribution in [0.4, 0.5) is 0 Å². The van der Waals surface area contributed by atoms with E-state index in [0.29, 0.717) is 17.3 Å². The van der Waals surface area contributed by atoms with Crippen LogP contribution in [0.5, 0.6) is 0 Å². The number of hydrogen-bond donors (Lipinski definition) is 1. The molecule has 0 aromatic heterocycles. The normalized spacial score (nSPS) is 38.2. The third-order valence-corrected chi connectivity index (χ3v) is 8.63. The van der Waals surface area contributed by atoms with E-state index in [0.717, 1.165) is 37.0 Å². The summed E-state index contributed by atoms with van der Waals surface area (Å²) in [5.74, 6) is 3.58. The monoisotopic (exact) mass is 396 g/mol. The van der Waals surface area contributed by atoms with Gasteiger partial charge in [-0.05, 0) is 91.9 Å². The van der Waals surface area contributed by atoms with Crippen molar-refractivity contribution in [1.29, 1.82) is 0 Å². The minimum absolute atomic E-state index is 0.182. The smallest absolute Gasteiger partial charge is 0.0583 e. The fourth-order valence-corrected chi connectivity index (χ4v) is 6.25. The van der Waals surface area contributed by atoms with Crippen LogP contribution >= 0.6 is 0 Å². The molecule has 0 aliphatic heterocycles. The van der Waals surface area contributed by atoms with Crippen LogP contribution in [0.1, 0.15) is 86.0 Å². The molecular weight excluding hydrogens is 352 g/mol. The third kappa shape index (κ3) is 4.98. The average molecular weight is 397 g/mol. The maximum absolute atomic E-state index is 10.0. The second-order valence-corrected chi connectivity index (χ2v) is 10.9. The van der Waals surface area contributed by atoms with Gasteiger partial charge in [0, 0.05) is 0 Å². The van der Waals surface area contributed by atoms with E-state index >= 15 is 0 Å². The minimum atomic E-state index is -0.182. The summed E-state index contributed by atoms with van der Waals surface area (Å²) < 4.78 is 0.